The van der Waals surface area contributed by atoms with E-state index < -0.39 is 0 Å². The molecule has 6 heteroatoms. The third-order valence-corrected chi connectivity index (χ3v) is 5.77. The van der Waals surface area contributed by atoms with Crippen LogP contribution in [0.1, 0.15) is 44.0 Å². The van der Waals surface area contributed by atoms with Crippen LogP contribution >= 0.6 is 11.3 Å². The summed E-state index contributed by atoms with van der Waals surface area (Å²) in [6.45, 7) is 2.04. The van der Waals surface area contributed by atoms with Crippen LogP contribution in [0.3, 0.4) is 0 Å². The molecule has 0 spiro atoms. The third-order valence-electron chi connectivity index (χ3n) is 4.78. The first-order valence-corrected chi connectivity index (χ1v) is 8.37. The molecule has 20 heavy (non-hydrogen) atoms. The number of aryl methyl sites for hydroxylation is 1. The first kappa shape index (κ1) is 13.9. The van der Waals surface area contributed by atoms with Crippen LogP contribution in [-0.4, -0.2) is 22.1 Å². The summed E-state index contributed by atoms with van der Waals surface area (Å²) in [5.41, 5.74) is 6.27. The molecule has 2 bridgehead atoms. The summed E-state index contributed by atoms with van der Waals surface area (Å²) in [7, 11) is 0. The van der Waals surface area contributed by atoms with Gasteiger partial charge in [0, 0.05) is 12.0 Å². The van der Waals surface area contributed by atoms with E-state index in [0.29, 0.717) is 23.0 Å². The Hall–Kier alpha value is -1.01. The third kappa shape index (κ3) is 2.72. The highest BCUT2D eigenvalue weighted by Gasteiger charge is 2.40. The standard InChI is InChI=1S/C14H22N4OS/c1-2-11-17-18-14(20-11)16-13(19)10-6-8-4-3-5-9(7-10)12(8)15/h8-10,12H,2-7,15H2,1H3,(H,16,18,19). The van der Waals surface area contributed by atoms with Crippen LogP contribution in [0.5, 0.6) is 0 Å². The second-order valence-corrected chi connectivity index (χ2v) is 7.10. The van der Waals surface area contributed by atoms with E-state index >= 15 is 0 Å². The van der Waals surface area contributed by atoms with Gasteiger partial charge >= 0.3 is 0 Å². The molecule has 1 aromatic heterocycles. The molecular formula is C14H22N4OS. The zero-order chi connectivity index (χ0) is 14.1. The predicted octanol–water partition coefficient (Wildman–Crippen LogP) is 2.19. The molecule has 0 aliphatic heterocycles. The lowest BCUT2D eigenvalue weighted by Crippen LogP contribution is -2.48. The van der Waals surface area contributed by atoms with Gasteiger partial charge in [-0.15, -0.1) is 10.2 Å². The number of nitrogens with two attached hydrogens (primary N) is 1. The topological polar surface area (TPSA) is 80.9 Å². The fourth-order valence-electron chi connectivity index (χ4n) is 3.66. The molecule has 2 fully saturated rings. The van der Waals surface area contributed by atoms with E-state index in [-0.39, 0.29) is 11.8 Å². The van der Waals surface area contributed by atoms with Gasteiger partial charge in [0.25, 0.3) is 0 Å². The number of aromatic nitrogens is 2. The number of rotatable bonds is 3. The molecular weight excluding hydrogens is 272 g/mol. The largest absolute Gasteiger partial charge is 0.327 e. The lowest BCUT2D eigenvalue weighted by atomic mass is 9.65. The van der Waals surface area contributed by atoms with Crippen LogP contribution < -0.4 is 11.1 Å². The smallest absolute Gasteiger partial charge is 0.229 e. The molecule has 0 saturated heterocycles. The maximum atomic E-state index is 12.4. The van der Waals surface area contributed by atoms with Crippen LogP contribution in [0.4, 0.5) is 5.13 Å². The number of fused-ring (bicyclic) bond motifs is 2. The van der Waals surface area contributed by atoms with Gasteiger partial charge in [-0.1, -0.05) is 24.7 Å². The zero-order valence-electron chi connectivity index (χ0n) is 11.8. The van der Waals surface area contributed by atoms with Crippen molar-refractivity contribution in [1.29, 1.82) is 0 Å². The molecule has 110 valence electrons. The van der Waals surface area contributed by atoms with Gasteiger partial charge in [0.15, 0.2) is 0 Å². The second-order valence-electron chi connectivity index (χ2n) is 6.04. The summed E-state index contributed by atoms with van der Waals surface area (Å²) in [5, 5.41) is 12.6. The minimum atomic E-state index is 0.0964. The van der Waals surface area contributed by atoms with Gasteiger partial charge < -0.3 is 11.1 Å². The molecule has 1 heterocycles. The van der Waals surface area contributed by atoms with Crippen molar-refractivity contribution in [2.45, 2.75) is 51.5 Å². The second kappa shape index (κ2) is 5.77. The van der Waals surface area contributed by atoms with E-state index in [1.165, 1.54) is 30.6 Å². The summed E-state index contributed by atoms with van der Waals surface area (Å²) in [6, 6.07) is 0.307. The fourth-order valence-corrected chi connectivity index (χ4v) is 4.34. The van der Waals surface area contributed by atoms with Crippen LogP contribution in [0, 0.1) is 17.8 Å². The highest BCUT2D eigenvalue weighted by molar-refractivity contribution is 7.15. The lowest BCUT2D eigenvalue weighted by molar-refractivity contribution is -0.122. The quantitative estimate of drug-likeness (QED) is 0.895. The van der Waals surface area contributed by atoms with Crippen LogP contribution in [0.25, 0.3) is 0 Å². The number of carbonyl (C=O) groups excluding carboxylic acids is 1. The van der Waals surface area contributed by atoms with E-state index in [0.717, 1.165) is 24.3 Å². The number of anilines is 1. The summed E-state index contributed by atoms with van der Waals surface area (Å²) in [4.78, 5) is 12.4. The van der Waals surface area contributed by atoms with Crippen molar-refractivity contribution in [2.75, 3.05) is 5.32 Å². The Morgan fingerprint density at radius 2 is 2.05 bits per heavy atom. The number of carbonyl (C=O) groups is 1. The molecule has 1 amide bonds. The molecule has 3 N–H and O–H groups in total. The molecule has 2 unspecified atom stereocenters. The Bertz CT molecular complexity index is 475. The monoisotopic (exact) mass is 294 g/mol. The van der Waals surface area contributed by atoms with Crippen molar-refractivity contribution in [1.82, 2.24) is 10.2 Å². The first-order chi connectivity index (χ1) is 9.67. The first-order valence-electron chi connectivity index (χ1n) is 7.56. The Labute approximate surface area is 123 Å². The Balaban J connectivity index is 1.63. The molecule has 5 nitrogen and oxygen atoms in total. The number of amides is 1. The maximum absolute atomic E-state index is 12.4. The number of hydrogen-bond donors (Lipinski definition) is 2. The van der Waals surface area contributed by atoms with Gasteiger partial charge in [0.05, 0.1) is 0 Å². The molecule has 2 saturated carbocycles. The summed E-state index contributed by atoms with van der Waals surface area (Å²) < 4.78 is 0. The summed E-state index contributed by atoms with van der Waals surface area (Å²) >= 11 is 1.47. The summed E-state index contributed by atoms with van der Waals surface area (Å²) in [5.74, 6) is 1.25. The van der Waals surface area contributed by atoms with Gasteiger partial charge in [0.2, 0.25) is 11.0 Å². The van der Waals surface area contributed by atoms with E-state index in [1.54, 1.807) is 0 Å². The molecule has 2 atom stereocenters. The van der Waals surface area contributed by atoms with E-state index in [4.69, 9.17) is 5.73 Å². The van der Waals surface area contributed by atoms with Crippen LogP contribution in [0.15, 0.2) is 0 Å². The minimum Gasteiger partial charge on any atom is -0.327 e. The zero-order valence-corrected chi connectivity index (χ0v) is 12.7. The van der Waals surface area contributed by atoms with E-state index in [1.807, 2.05) is 6.92 Å². The number of nitrogens with one attached hydrogen (secondary N) is 1. The average molecular weight is 294 g/mol. The Kier molecular flexibility index (Phi) is 4.03. The van der Waals surface area contributed by atoms with Gasteiger partial charge in [-0.05, 0) is 43.9 Å². The van der Waals surface area contributed by atoms with Crippen LogP contribution in [-0.2, 0) is 11.2 Å². The van der Waals surface area contributed by atoms with Crippen molar-refractivity contribution in [3.63, 3.8) is 0 Å². The van der Waals surface area contributed by atoms with Gasteiger partial charge in [0.1, 0.15) is 5.01 Å². The highest BCUT2D eigenvalue weighted by Crippen LogP contribution is 2.42. The van der Waals surface area contributed by atoms with Gasteiger partial charge in [-0.2, -0.15) is 0 Å². The van der Waals surface area contributed by atoms with Crippen molar-refractivity contribution in [3.05, 3.63) is 5.01 Å². The molecule has 0 radical (unpaired) electrons. The minimum absolute atomic E-state index is 0.0964. The lowest BCUT2D eigenvalue weighted by Gasteiger charge is -2.43. The van der Waals surface area contributed by atoms with Gasteiger partial charge in [-0.3, -0.25) is 4.79 Å². The molecule has 1 aromatic rings. The number of nitrogens with zero attached hydrogens (tertiary/aromatic N) is 2. The molecule has 2 aliphatic rings. The number of hydrogen-bond acceptors (Lipinski definition) is 5. The summed E-state index contributed by atoms with van der Waals surface area (Å²) in [6.07, 6.45) is 6.36. The predicted molar refractivity (Wildman–Crippen MR) is 79.4 cm³/mol. The average Bonchev–Trinajstić information content (AvgIpc) is 2.86. The normalized spacial score (nSPS) is 32.9. The van der Waals surface area contributed by atoms with Crippen LogP contribution in [0.2, 0.25) is 0 Å². The molecule has 3 rings (SSSR count). The fraction of sp³-hybridized carbons (Fsp3) is 0.786. The van der Waals surface area contributed by atoms with Gasteiger partial charge in [-0.25, -0.2) is 0 Å². The van der Waals surface area contributed by atoms with Crippen molar-refractivity contribution >= 4 is 22.4 Å². The van der Waals surface area contributed by atoms with E-state index in [9.17, 15) is 4.79 Å². The van der Waals surface area contributed by atoms with Crippen molar-refractivity contribution in [2.24, 2.45) is 23.5 Å². The van der Waals surface area contributed by atoms with Crippen molar-refractivity contribution in [3.8, 4) is 0 Å². The SMILES string of the molecule is CCc1nnc(NC(=O)C2CC3CCCC(C2)C3N)s1. The molecule has 2 aliphatic carbocycles. The van der Waals surface area contributed by atoms with Crippen molar-refractivity contribution < 1.29 is 4.79 Å². The van der Waals surface area contributed by atoms with E-state index in [2.05, 4.69) is 15.5 Å². The molecule has 0 aromatic carbocycles. The maximum Gasteiger partial charge on any atom is 0.229 e. The Morgan fingerprint density at radius 3 is 2.65 bits per heavy atom. The Morgan fingerprint density at radius 1 is 1.35 bits per heavy atom. The highest BCUT2D eigenvalue weighted by atomic mass is 32.1.